The molecule has 0 saturated heterocycles. The van der Waals surface area contributed by atoms with Crippen LogP contribution in [0.2, 0.25) is 5.02 Å². The number of nitrogens with one attached hydrogen (secondary N) is 1. The van der Waals surface area contributed by atoms with Gasteiger partial charge in [-0.05, 0) is 36.8 Å². The van der Waals surface area contributed by atoms with Crippen molar-refractivity contribution in [2.45, 2.75) is 11.8 Å². The van der Waals surface area contributed by atoms with Crippen LogP contribution in [-0.2, 0) is 10.0 Å². The number of rotatable bonds is 3. The second kappa shape index (κ2) is 5.94. The van der Waals surface area contributed by atoms with Gasteiger partial charge in [-0.15, -0.1) is 0 Å². The highest BCUT2D eigenvalue weighted by Gasteiger charge is 2.21. The standard InChI is InChI=1S/C16H17ClN2O3S/c1-11-3-4-12(17)9-14(11)18-23(20,21)13-5-6-15-16(10-13)22-8-7-19(15)2/h3-6,9-10,18H,7-8H2,1-2H3. The molecule has 1 heterocycles. The first kappa shape index (κ1) is 16.0. The van der Waals surface area contributed by atoms with E-state index in [1.54, 1.807) is 36.4 Å². The number of halogens is 1. The molecule has 122 valence electrons. The average Bonchev–Trinajstić information content (AvgIpc) is 2.50. The van der Waals surface area contributed by atoms with Gasteiger partial charge >= 0.3 is 0 Å². The highest BCUT2D eigenvalue weighted by molar-refractivity contribution is 7.92. The van der Waals surface area contributed by atoms with E-state index in [0.29, 0.717) is 23.1 Å². The van der Waals surface area contributed by atoms with Crippen LogP contribution in [0.4, 0.5) is 11.4 Å². The van der Waals surface area contributed by atoms with Crippen molar-refractivity contribution in [3.8, 4) is 5.75 Å². The third-order valence-corrected chi connectivity index (χ3v) is 5.38. The van der Waals surface area contributed by atoms with Crippen LogP contribution in [0.1, 0.15) is 5.56 Å². The third kappa shape index (κ3) is 3.23. The summed E-state index contributed by atoms with van der Waals surface area (Å²) in [5, 5.41) is 0.476. The lowest BCUT2D eigenvalue weighted by Gasteiger charge is -2.27. The maximum Gasteiger partial charge on any atom is 0.262 e. The minimum atomic E-state index is -3.71. The highest BCUT2D eigenvalue weighted by atomic mass is 35.5. The molecule has 0 amide bonds. The van der Waals surface area contributed by atoms with Crippen molar-refractivity contribution in [2.24, 2.45) is 0 Å². The summed E-state index contributed by atoms with van der Waals surface area (Å²) in [6.45, 7) is 3.13. The second-order valence-electron chi connectivity index (χ2n) is 5.46. The number of aryl methyl sites for hydroxylation is 1. The molecule has 1 aliphatic heterocycles. The lowest BCUT2D eigenvalue weighted by molar-refractivity contribution is 0.310. The molecule has 0 saturated carbocycles. The molecule has 2 aromatic rings. The molecule has 3 rings (SSSR count). The van der Waals surface area contributed by atoms with E-state index in [0.717, 1.165) is 17.8 Å². The Morgan fingerprint density at radius 1 is 1.22 bits per heavy atom. The van der Waals surface area contributed by atoms with E-state index in [1.165, 1.54) is 0 Å². The van der Waals surface area contributed by atoms with Crippen molar-refractivity contribution in [2.75, 3.05) is 29.8 Å². The molecule has 0 aromatic heterocycles. The van der Waals surface area contributed by atoms with Crippen LogP contribution < -0.4 is 14.4 Å². The molecule has 1 aliphatic rings. The molecular formula is C16H17ClN2O3S. The summed E-state index contributed by atoms with van der Waals surface area (Å²) in [7, 11) is -1.76. The Labute approximate surface area is 140 Å². The van der Waals surface area contributed by atoms with Crippen LogP contribution in [-0.4, -0.2) is 28.6 Å². The first-order chi connectivity index (χ1) is 10.9. The maximum absolute atomic E-state index is 12.6. The Balaban J connectivity index is 1.95. The zero-order chi connectivity index (χ0) is 16.6. The van der Waals surface area contributed by atoms with Gasteiger partial charge in [0, 0.05) is 18.1 Å². The van der Waals surface area contributed by atoms with E-state index in [2.05, 4.69) is 4.72 Å². The third-order valence-electron chi connectivity index (χ3n) is 3.78. The number of ether oxygens (including phenoxy) is 1. The van der Waals surface area contributed by atoms with Gasteiger partial charge in [-0.25, -0.2) is 8.42 Å². The first-order valence-electron chi connectivity index (χ1n) is 7.14. The Bertz CT molecular complexity index is 852. The van der Waals surface area contributed by atoms with Gasteiger partial charge in [0.15, 0.2) is 0 Å². The molecule has 5 nitrogen and oxygen atoms in total. The topological polar surface area (TPSA) is 58.6 Å². The van der Waals surface area contributed by atoms with Gasteiger partial charge in [-0.2, -0.15) is 0 Å². The van der Waals surface area contributed by atoms with Crippen molar-refractivity contribution in [1.82, 2.24) is 0 Å². The molecule has 0 atom stereocenters. The van der Waals surface area contributed by atoms with Crippen molar-refractivity contribution in [3.05, 3.63) is 47.0 Å². The molecule has 7 heteroatoms. The number of hydrogen-bond acceptors (Lipinski definition) is 4. The van der Waals surface area contributed by atoms with E-state index in [9.17, 15) is 8.42 Å². The summed E-state index contributed by atoms with van der Waals surface area (Å²) in [5.41, 5.74) is 2.15. The van der Waals surface area contributed by atoms with E-state index in [-0.39, 0.29) is 4.90 Å². The molecule has 0 unspecified atom stereocenters. The summed E-state index contributed by atoms with van der Waals surface area (Å²) in [5.74, 6) is 0.574. The minimum absolute atomic E-state index is 0.158. The van der Waals surface area contributed by atoms with Crippen molar-refractivity contribution in [3.63, 3.8) is 0 Å². The zero-order valence-corrected chi connectivity index (χ0v) is 14.4. The summed E-state index contributed by atoms with van der Waals surface area (Å²) in [4.78, 5) is 2.19. The number of benzene rings is 2. The van der Waals surface area contributed by atoms with Gasteiger partial charge in [0.2, 0.25) is 0 Å². The fraction of sp³-hybridized carbons (Fsp3) is 0.250. The molecule has 0 spiro atoms. The summed E-state index contributed by atoms with van der Waals surface area (Å²) in [6.07, 6.45) is 0. The van der Waals surface area contributed by atoms with Crippen LogP contribution in [0, 0.1) is 6.92 Å². The molecule has 0 bridgehead atoms. The zero-order valence-electron chi connectivity index (χ0n) is 12.8. The van der Waals surface area contributed by atoms with Crippen molar-refractivity contribution in [1.29, 1.82) is 0 Å². The van der Waals surface area contributed by atoms with Crippen LogP contribution >= 0.6 is 11.6 Å². The van der Waals surface area contributed by atoms with Crippen molar-refractivity contribution < 1.29 is 13.2 Å². The number of hydrogen-bond donors (Lipinski definition) is 1. The summed E-state index contributed by atoms with van der Waals surface area (Å²) < 4.78 is 33.4. The van der Waals surface area contributed by atoms with E-state index >= 15 is 0 Å². The van der Waals surface area contributed by atoms with Gasteiger partial charge in [-0.1, -0.05) is 17.7 Å². The van der Waals surface area contributed by atoms with Crippen LogP contribution in [0.15, 0.2) is 41.3 Å². The van der Waals surface area contributed by atoms with Gasteiger partial charge in [0.1, 0.15) is 12.4 Å². The molecule has 23 heavy (non-hydrogen) atoms. The summed E-state index contributed by atoms with van der Waals surface area (Å²) >= 11 is 5.94. The fourth-order valence-electron chi connectivity index (χ4n) is 2.41. The second-order valence-corrected chi connectivity index (χ2v) is 7.58. The van der Waals surface area contributed by atoms with Gasteiger partial charge < -0.3 is 9.64 Å². The largest absolute Gasteiger partial charge is 0.490 e. The lowest BCUT2D eigenvalue weighted by Crippen LogP contribution is -2.29. The highest BCUT2D eigenvalue weighted by Crippen LogP contribution is 2.33. The summed E-state index contributed by atoms with van der Waals surface area (Å²) in [6, 6.07) is 9.97. The van der Waals surface area contributed by atoms with Gasteiger partial charge in [-0.3, -0.25) is 4.72 Å². The number of likely N-dealkylation sites (N-methyl/N-ethyl adjacent to an activating group) is 1. The molecule has 0 fully saturated rings. The predicted octanol–water partition coefficient (Wildman–Crippen LogP) is 3.28. The number of fused-ring (bicyclic) bond motifs is 1. The monoisotopic (exact) mass is 352 g/mol. The molecule has 0 aliphatic carbocycles. The fourth-order valence-corrected chi connectivity index (χ4v) is 3.72. The Hall–Kier alpha value is -1.92. The van der Waals surface area contributed by atoms with Crippen LogP contribution in [0.3, 0.4) is 0 Å². The first-order valence-corrected chi connectivity index (χ1v) is 9.00. The number of sulfonamides is 1. The quantitative estimate of drug-likeness (QED) is 0.921. The maximum atomic E-state index is 12.6. The van der Waals surface area contributed by atoms with Crippen LogP contribution in [0.25, 0.3) is 0 Å². The Morgan fingerprint density at radius 3 is 2.78 bits per heavy atom. The van der Waals surface area contributed by atoms with Crippen molar-refractivity contribution >= 4 is 33.0 Å². The van der Waals surface area contributed by atoms with E-state index in [4.69, 9.17) is 16.3 Å². The molecular weight excluding hydrogens is 336 g/mol. The normalized spacial score (nSPS) is 14.1. The lowest BCUT2D eigenvalue weighted by atomic mass is 10.2. The van der Waals surface area contributed by atoms with Gasteiger partial charge in [0.25, 0.3) is 10.0 Å². The van der Waals surface area contributed by atoms with E-state index in [1.807, 2.05) is 18.9 Å². The molecule has 2 aromatic carbocycles. The molecule has 0 radical (unpaired) electrons. The number of anilines is 2. The smallest absolute Gasteiger partial charge is 0.262 e. The Kier molecular flexibility index (Phi) is 4.12. The van der Waals surface area contributed by atoms with Crippen LogP contribution in [0.5, 0.6) is 5.75 Å². The van der Waals surface area contributed by atoms with E-state index < -0.39 is 10.0 Å². The predicted molar refractivity (Wildman–Crippen MR) is 92.2 cm³/mol. The minimum Gasteiger partial charge on any atom is -0.490 e. The number of nitrogens with zero attached hydrogens (tertiary/aromatic N) is 1. The SMILES string of the molecule is Cc1ccc(Cl)cc1NS(=O)(=O)c1ccc2c(c1)OCCN2C. The van der Waals surface area contributed by atoms with Gasteiger partial charge in [0.05, 0.1) is 22.8 Å². The average molecular weight is 353 g/mol. The Morgan fingerprint density at radius 2 is 2.00 bits per heavy atom. The molecule has 1 N–H and O–H groups in total.